The Morgan fingerprint density at radius 2 is 1.83 bits per heavy atom. The van der Waals surface area contributed by atoms with Crippen molar-refractivity contribution in [1.29, 1.82) is 0 Å². The number of carbonyl (C=O) groups excluding carboxylic acids is 1. The zero-order chi connectivity index (χ0) is 13.3. The van der Waals surface area contributed by atoms with Crippen LogP contribution < -0.4 is 5.73 Å². The van der Waals surface area contributed by atoms with Crippen LogP contribution in [0.5, 0.6) is 0 Å². The first-order chi connectivity index (χ1) is 8.49. The van der Waals surface area contributed by atoms with Gasteiger partial charge in [-0.3, -0.25) is 4.79 Å². The maximum absolute atomic E-state index is 12.5. The quantitative estimate of drug-likeness (QED) is 0.886. The number of nitrogens with zero attached hydrogens (tertiary/aromatic N) is 1. The number of rotatable bonds is 4. The van der Waals surface area contributed by atoms with Crippen molar-refractivity contribution in [2.24, 2.45) is 11.1 Å². The van der Waals surface area contributed by atoms with E-state index in [-0.39, 0.29) is 23.4 Å². The van der Waals surface area contributed by atoms with E-state index in [0.717, 1.165) is 18.4 Å². The van der Waals surface area contributed by atoms with E-state index in [1.807, 2.05) is 37.1 Å². The van der Waals surface area contributed by atoms with E-state index in [2.05, 4.69) is 19.1 Å². The molecule has 1 aromatic carbocycles. The van der Waals surface area contributed by atoms with E-state index in [1.54, 1.807) is 0 Å². The van der Waals surface area contributed by atoms with Gasteiger partial charge in [0.15, 0.2) is 0 Å². The summed E-state index contributed by atoms with van der Waals surface area (Å²) in [6.07, 6.45) is 1.85. The fourth-order valence-corrected chi connectivity index (χ4v) is 2.48. The highest BCUT2D eigenvalue weighted by atomic mass is 16.2. The van der Waals surface area contributed by atoms with Crippen molar-refractivity contribution < 1.29 is 4.79 Å². The predicted octanol–water partition coefficient (Wildman–Crippen LogP) is 2.33. The smallest absolute Gasteiger partial charge is 0.230 e. The highest BCUT2D eigenvalue weighted by Gasteiger charge is 2.54. The normalized spacial score (nSPS) is 20.0. The molecular formula is C15H22N2O. The summed E-state index contributed by atoms with van der Waals surface area (Å²) in [7, 11) is 1.88. The lowest BCUT2D eigenvalue weighted by molar-refractivity contribution is -0.138. The Labute approximate surface area is 109 Å². The van der Waals surface area contributed by atoms with Gasteiger partial charge in [-0.2, -0.15) is 0 Å². The Morgan fingerprint density at radius 3 is 2.28 bits per heavy atom. The molecule has 2 rings (SSSR count). The highest BCUT2D eigenvalue weighted by Crippen LogP contribution is 2.50. The minimum Gasteiger partial charge on any atom is -0.338 e. The molecular weight excluding hydrogens is 224 g/mol. The minimum absolute atomic E-state index is 0.0598. The number of hydrogen-bond donors (Lipinski definition) is 1. The SMILES string of the molecule is C[C@H](c1ccccc1)N(C)C(=O)C1([C@H](C)N)CC1. The van der Waals surface area contributed by atoms with Crippen LogP contribution in [-0.4, -0.2) is 23.9 Å². The van der Waals surface area contributed by atoms with E-state index in [1.165, 1.54) is 0 Å². The van der Waals surface area contributed by atoms with Crippen LogP contribution in [-0.2, 0) is 4.79 Å². The Kier molecular flexibility index (Phi) is 3.44. The van der Waals surface area contributed by atoms with Gasteiger partial charge in [0.05, 0.1) is 11.5 Å². The maximum Gasteiger partial charge on any atom is 0.230 e. The van der Waals surface area contributed by atoms with Crippen LogP contribution in [0.1, 0.15) is 38.3 Å². The molecule has 1 aliphatic rings. The van der Waals surface area contributed by atoms with Crippen LogP contribution in [0.2, 0.25) is 0 Å². The third-order valence-electron chi connectivity index (χ3n) is 4.27. The van der Waals surface area contributed by atoms with E-state index in [0.29, 0.717) is 0 Å². The summed E-state index contributed by atoms with van der Waals surface area (Å²) in [6, 6.07) is 10.1. The van der Waals surface area contributed by atoms with Crippen LogP contribution in [0.25, 0.3) is 0 Å². The van der Waals surface area contributed by atoms with Crippen molar-refractivity contribution >= 4 is 5.91 Å². The molecule has 0 unspecified atom stereocenters. The molecule has 0 spiro atoms. The van der Waals surface area contributed by atoms with Crippen molar-refractivity contribution in [1.82, 2.24) is 4.90 Å². The molecule has 0 aromatic heterocycles. The van der Waals surface area contributed by atoms with Crippen LogP contribution in [0.15, 0.2) is 30.3 Å². The second-order valence-electron chi connectivity index (χ2n) is 5.45. The summed E-state index contributed by atoms with van der Waals surface area (Å²) in [6.45, 7) is 4.00. The second-order valence-corrected chi connectivity index (χ2v) is 5.45. The summed E-state index contributed by atoms with van der Waals surface area (Å²) >= 11 is 0. The lowest BCUT2D eigenvalue weighted by Gasteiger charge is -2.31. The topological polar surface area (TPSA) is 46.3 Å². The maximum atomic E-state index is 12.5. The average Bonchev–Trinajstić information content (AvgIpc) is 3.18. The van der Waals surface area contributed by atoms with Gasteiger partial charge in [0, 0.05) is 13.1 Å². The van der Waals surface area contributed by atoms with Crippen molar-refractivity contribution in [3.63, 3.8) is 0 Å². The predicted molar refractivity (Wildman–Crippen MR) is 72.9 cm³/mol. The molecule has 2 atom stereocenters. The van der Waals surface area contributed by atoms with Crippen LogP contribution in [0.3, 0.4) is 0 Å². The molecule has 1 amide bonds. The first-order valence-corrected chi connectivity index (χ1v) is 6.57. The molecule has 1 saturated carbocycles. The van der Waals surface area contributed by atoms with E-state index >= 15 is 0 Å². The zero-order valence-corrected chi connectivity index (χ0v) is 11.4. The third-order valence-corrected chi connectivity index (χ3v) is 4.27. The van der Waals surface area contributed by atoms with Gasteiger partial charge in [0.25, 0.3) is 0 Å². The van der Waals surface area contributed by atoms with Gasteiger partial charge in [-0.05, 0) is 32.3 Å². The number of carbonyl (C=O) groups is 1. The van der Waals surface area contributed by atoms with Gasteiger partial charge >= 0.3 is 0 Å². The molecule has 3 nitrogen and oxygen atoms in total. The fraction of sp³-hybridized carbons (Fsp3) is 0.533. The lowest BCUT2D eigenvalue weighted by atomic mass is 9.95. The Balaban J connectivity index is 2.13. The molecule has 0 heterocycles. The number of nitrogens with two attached hydrogens (primary N) is 1. The van der Waals surface area contributed by atoms with Crippen molar-refractivity contribution in [3.8, 4) is 0 Å². The van der Waals surface area contributed by atoms with Gasteiger partial charge in [-0.1, -0.05) is 30.3 Å². The summed E-state index contributed by atoms with van der Waals surface area (Å²) in [5.41, 5.74) is 6.83. The van der Waals surface area contributed by atoms with Gasteiger partial charge in [-0.15, -0.1) is 0 Å². The zero-order valence-electron chi connectivity index (χ0n) is 11.4. The van der Waals surface area contributed by atoms with Crippen molar-refractivity contribution in [2.75, 3.05) is 7.05 Å². The molecule has 1 aromatic rings. The first-order valence-electron chi connectivity index (χ1n) is 6.57. The largest absolute Gasteiger partial charge is 0.338 e. The standard InChI is InChI=1S/C15H22N2O/c1-11(13-7-5-4-6-8-13)17(3)14(18)15(9-10-15)12(2)16/h4-8,11-12H,9-10,16H2,1-3H3/t11-,12+/m1/s1. The Hall–Kier alpha value is -1.35. The van der Waals surface area contributed by atoms with Gasteiger partial charge in [0.1, 0.15) is 0 Å². The van der Waals surface area contributed by atoms with Gasteiger partial charge < -0.3 is 10.6 Å². The Morgan fingerprint density at radius 1 is 1.28 bits per heavy atom. The highest BCUT2D eigenvalue weighted by molar-refractivity contribution is 5.86. The molecule has 0 radical (unpaired) electrons. The molecule has 1 fully saturated rings. The first kappa shape index (κ1) is 13.1. The number of hydrogen-bond acceptors (Lipinski definition) is 2. The summed E-state index contributed by atoms with van der Waals surface area (Å²) in [5.74, 6) is 0.189. The number of amides is 1. The average molecular weight is 246 g/mol. The minimum atomic E-state index is -0.294. The summed E-state index contributed by atoms with van der Waals surface area (Å²) in [5, 5.41) is 0. The third kappa shape index (κ3) is 2.15. The van der Waals surface area contributed by atoms with E-state index < -0.39 is 0 Å². The van der Waals surface area contributed by atoms with Gasteiger partial charge in [-0.25, -0.2) is 0 Å². The molecule has 0 bridgehead atoms. The van der Waals surface area contributed by atoms with Crippen LogP contribution in [0, 0.1) is 5.41 Å². The van der Waals surface area contributed by atoms with Crippen molar-refractivity contribution in [3.05, 3.63) is 35.9 Å². The van der Waals surface area contributed by atoms with Crippen LogP contribution >= 0.6 is 0 Å². The molecule has 18 heavy (non-hydrogen) atoms. The monoisotopic (exact) mass is 246 g/mol. The lowest BCUT2D eigenvalue weighted by Crippen LogP contribution is -2.43. The molecule has 98 valence electrons. The summed E-state index contributed by atoms with van der Waals surface area (Å²) < 4.78 is 0. The molecule has 1 aliphatic carbocycles. The molecule has 0 saturated heterocycles. The molecule has 3 heteroatoms. The Bertz CT molecular complexity index is 423. The number of benzene rings is 1. The van der Waals surface area contributed by atoms with E-state index in [9.17, 15) is 4.79 Å². The van der Waals surface area contributed by atoms with Crippen LogP contribution in [0.4, 0.5) is 0 Å². The second kappa shape index (κ2) is 4.73. The summed E-state index contributed by atoms with van der Waals surface area (Å²) in [4.78, 5) is 14.4. The van der Waals surface area contributed by atoms with Gasteiger partial charge in [0.2, 0.25) is 5.91 Å². The fourth-order valence-electron chi connectivity index (χ4n) is 2.48. The molecule has 2 N–H and O–H groups in total. The van der Waals surface area contributed by atoms with Crippen molar-refractivity contribution in [2.45, 2.75) is 38.8 Å². The molecule has 0 aliphatic heterocycles. The van der Waals surface area contributed by atoms with E-state index in [4.69, 9.17) is 5.73 Å².